The summed E-state index contributed by atoms with van der Waals surface area (Å²) in [5.74, 6) is 0. The Morgan fingerprint density at radius 2 is 0.568 bits per heavy atom. The Labute approximate surface area is 240 Å². The van der Waals surface area contributed by atoms with E-state index in [1.165, 1.54) is 90.6 Å². The summed E-state index contributed by atoms with van der Waals surface area (Å²) in [4.78, 5) is 2.39. The molecule has 0 aromatic heterocycles. The quantitative estimate of drug-likeness (QED) is 0.325. The molecule has 0 unspecified atom stereocenters. The van der Waals surface area contributed by atoms with Crippen LogP contribution in [-0.2, 0) is 0 Å². The molecule has 0 amide bonds. The fourth-order valence-corrected chi connectivity index (χ4v) is 2.48. The molecule has 0 atom stereocenters. The third-order valence-electron chi connectivity index (χ3n) is 3.74. The molecule has 0 aromatic carbocycles. The summed E-state index contributed by atoms with van der Waals surface area (Å²) in [5, 5.41) is 6.51. The molecule has 3 fully saturated rings. The van der Waals surface area contributed by atoms with Gasteiger partial charge >= 0.3 is 0 Å². The first-order valence-electron chi connectivity index (χ1n) is 16.0. The molecule has 3 nitrogen and oxygen atoms in total. The molecule has 3 heteroatoms. The van der Waals surface area contributed by atoms with E-state index >= 15 is 0 Å². The average molecular weight is 532 g/mol. The van der Waals surface area contributed by atoms with E-state index in [0.717, 1.165) is 0 Å². The molecule has 0 radical (unpaired) electrons. The number of hydrogen-bond acceptors (Lipinski definition) is 3. The van der Waals surface area contributed by atoms with Crippen molar-refractivity contribution in [3.05, 3.63) is 0 Å². The van der Waals surface area contributed by atoms with Crippen LogP contribution in [0.25, 0.3) is 0 Å². The van der Waals surface area contributed by atoms with Crippen LogP contribution < -0.4 is 10.6 Å². The van der Waals surface area contributed by atoms with Crippen molar-refractivity contribution in [2.75, 3.05) is 46.3 Å². The van der Waals surface area contributed by atoms with Gasteiger partial charge in [0, 0.05) is 0 Å². The van der Waals surface area contributed by atoms with Crippen molar-refractivity contribution < 1.29 is 0 Å². The first-order valence-corrected chi connectivity index (χ1v) is 16.0. The fraction of sp³-hybridized carbons (Fsp3) is 1.00. The molecule has 0 bridgehead atoms. The smallest absolute Gasteiger partial charge is 0.00218 e. The first kappa shape index (κ1) is 46.7. The second-order valence-electron chi connectivity index (χ2n) is 14.6. The third-order valence-corrected chi connectivity index (χ3v) is 3.74. The summed E-state index contributed by atoms with van der Waals surface area (Å²) in [6, 6.07) is 0. The van der Waals surface area contributed by atoms with Gasteiger partial charge in [0.25, 0.3) is 0 Å². The molecule has 3 saturated heterocycles. The lowest BCUT2D eigenvalue weighted by Gasteiger charge is -2.20. The van der Waals surface area contributed by atoms with Crippen molar-refractivity contribution in [1.82, 2.24) is 15.5 Å². The minimum Gasteiger partial charge on any atom is -0.317 e. The van der Waals surface area contributed by atoms with E-state index in [1.54, 1.807) is 0 Å². The van der Waals surface area contributed by atoms with Crippen LogP contribution in [0, 0.1) is 16.2 Å². The van der Waals surface area contributed by atoms with Crippen LogP contribution in [-0.4, -0.2) is 51.2 Å². The third kappa shape index (κ3) is 116. The van der Waals surface area contributed by atoms with Gasteiger partial charge in [-0.3, -0.25) is 0 Å². The van der Waals surface area contributed by atoms with Crippen LogP contribution in [0.1, 0.15) is 162 Å². The van der Waals surface area contributed by atoms with E-state index in [-0.39, 0.29) is 0 Å². The molecule has 3 aliphatic rings. The minimum atomic E-state index is 0.500. The molecule has 0 aliphatic carbocycles. The molecule has 3 aliphatic heterocycles. The number of likely N-dealkylation sites (tertiary alicyclic amines) is 1. The second kappa shape index (κ2) is 32.1. The van der Waals surface area contributed by atoms with Crippen LogP contribution in [0.2, 0.25) is 0 Å². The van der Waals surface area contributed by atoms with Gasteiger partial charge in [0.1, 0.15) is 0 Å². The topological polar surface area (TPSA) is 27.3 Å². The molecular weight excluding hydrogens is 450 g/mol. The van der Waals surface area contributed by atoms with E-state index in [2.05, 4.69) is 106 Å². The van der Waals surface area contributed by atoms with Crippen LogP contribution in [0.15, 0.2) is 0 Å². The van der Waals surface area contributed by atoms with Gasteiger partial charge < -0.3 is 15.5 Å². The molecular formula is C34H81N3. The van der Waals surface area contributed by atoms with E-state index in [0.29, 0.717) is 16.2 Å². The molecule has 2 N–H and O–H groups in total. The molecule has 3 heterocycles. The molecule has 0 spiro atoms. The lowest BCUT2D eigenvalue weighted by Crippen LogP contribution is -2.24. The largest absolute Gasteiger partial charge is 0.317 e. The highest BCUT2D eigenvalue weighted by Crippen LogP contribution is 2.09. The monoisotopic (exact) mass is 532 g/mol. The van der Waals surface area contributed by atoms with Crippen molar-refractivity contribution in [3.63, 3.8) is 0 Å². The number of nitrogens with one attached hydrogen (secondary N) is 2. The Hall–Kier alpha value is -0.120. The summed E-state index contributed by atoms with van der Waals surface area (Å²) in [6.45, 7) is 41.9. The summed E-state index contributed by atoms with van der Waals surface area (Å²) in [5.41, 5.74) is 1.50. The highest BCUT2D eigenvalue weighted by atomic mass is 15.1. The number of nitrogens with zero attached hydrogens (tertiary/aromatic N) is 1. The molecule has 3 rings (SSSR count). The van der Waals surface area contributed by atoms with Gasteiger partial charge in [-0.25, -0.2) is 0 Å². The number of rotatable bonds is 0. The fourth-order valence-electron chi connectivity index (χ4n) is 2.48. The zero-order valence-electron chi connectivity index (χ0n) is 29.8. The van der Waals surface area contributed by atoms with Crippen molar-refractivity contribution >= 4 is 0 Å². The van der Waals surface area contributed by atoms with Crippen molar-refractivity contribution in [2.45, 2.75) is 162 Å². The Morgan fingerprint density at radius 1 is 0.378 bits per heavy atom. The maximum absolute atomic E-state index is 3.28. The van der Waals surface area contributed by atoms with Crippen LogP contribution >= 0.6 is 0 Å². The number of piperidine rings is 2. The Kier molecular flexibility index (Phi) is 40.5. The summed E-state index contributed by atoms with van der Waals surface area (Å²) in [6.07, 6.45) is 11.3. The Bertz CT molecular complexity index is 292. The maximum Gasteiger partial charge on any atom is -0.00218 e. The van der Waals surface area contributed by atoms with Gasteiger partial charge in [-0.05, 0) is 101 Å². The highest BCUT2D eigenvalue weighted by molar-refractivity contribution is 4.58. The normalized spacial score (nSPS) is 17.1. The zero-order valence-corrected chi connectivity index (χ0v) is 29.8. The van der Waals surface area contributed by atoms with E-state index in [4.69, 9.17) is 0 Å². The summed E-state index contributed by atoms with van der Waals surface area (Å²) in [7, 11) is 2.19. The standard InChI is InChI=1S/C6H13N.C5H11N.3C5H12.C4H9N.2C2H6/c1-7-5-3-2-4-6-7;1-2-4-6-5-3-1;3*1-5(2,3)4;1-2-4-5-3-1;2*1-2/h2-6H2,1H3;6H,1-5H2;3*1-4H3;5H,1-4H2;2*1-2H3. The van der Waals surface area contributed by atoms with Crippen LogP contribution in [0.4, 0.5) is 0 Å². The van der Waals surface area contributed by atoms with Crippen molar-refractivity contribution in [2.24, 2.45) is 16.2 Å². The second-order valence-corrected chi connectivity index (χ2v) is 14.6. The van der Waals surface area contributed by atoms with Gasteiger partial charge in [0.05, 0.1) is 0 Å². The zero-order chi connectivity index (χ0) is 30.4. The van der Waals surface area contributed by atoms with E-state index in [1.807, 2.05) is 27.7 Å². The SMILES string of the molecule is C1CCNC1.C1CCNCC1.CC.CC.CC(C)(C)C.CC(C)(C)C.CC(C)(C)C.CN1CCCCC1. The number of hydrogen-bond donors (Lipinski definition) is 2. The Balaban J connectivity index is -0.000000108. The molecule has 232 valence electrons. The van der Waals surface area contributed by atoms with Gasteiger partial charge in [-0.1, -0.05) is 124 Å². The average Bonchev–Trinajstić information content (AvgIpc) is 3.36. The van der Waals surface area contributed by atoms with Gasteiger partial charge in [0.2, 0.25) is 0 Å². The predicted molar refractivity (Wildman–Crippen MR) is 178 cm³/mol. The van der Waals surface area contributed by atoms with Crippen molar-refractivity contribution in [1.29, 1.82) is 0 Å². The molecule has 37 heavy (non-hydrogen) atoms. The van der Waals surface area contributed by atoms with Gasteiger partial charge in [-0.2, -0.15) is 0 Å². The maximum atomic E-state index is 3.28. The molecule has 0 saturated carbocycles. The predicted octanol–water partition coefficient (Wildman–Crippen LogP) is 10.4. The summed E-state index contributed by atoms with van der Waals surface area (Å²) < 4.78 is 0. The lowest BCUT2D eigenvalue weighted by molar-refractivity contribution is 0.277. The lowest BCUT2D eigenvalue weighted by atomic mass is 10.0. The summed E-state index contributed by atoms with van der Waals surface area (Å²) >= 11 is 0. The van der Waals surface area contributed by atoms with Crippen molar-refractivity contribution in [3.8, 4) is 0 Å². The minimum absolute atomic E-state index is 0.500. The van der Waals surface area contributed by atoms with E-state index < -0.39 is 0 Å². The van der Waals surface area contributed by atoms with Gasteiger partial charge in [0.15, 0.2) is 0 Å². The Morgan fingerprint density at radius 3 is 0.676 bits per heavy atom. The first-order chi connectivity index (χ1) is 16.9. The van der Waals surface area contributed by atoms with Crippen LogP contribution in [0.5, 0.6) is 0 Å². The van der Waals surface area contributed by atoms with E-state index in [9.17, 15) is 0 Å². The van der Waals surface area contributed by atoms with Gasteiger partial charge in [-0.15, -0.1) is 0 Å². The molecule has 0 aromatic rings. The van der Waals surface area contributed by atoms with Crippen LogP contribution in [0.3, 0.4) is 0 Å². The highest BCUT2D eigenvalue weighted by Gasteiger charge is 2.02.